The van der Waals surface area contributed by atoms with Crippen molar-refractivity contribution in [1.29, 1.82) is 5.41 Å². The van der Waals surface area contributed by atoms with E-state index in [2.05, 4.69) is 26.2 Å². The van der Waals surface area contributed by atoms with Gasteiger partial charge in [0.2, 0.25) is 5.91 Å². The van der Waals surface area contributed by atoms with Gasteiger partial charge in [0.25, 0.3) is 0 Å². The predicted molar refractivity (Wildman–Crippen MR) is 114 cm³/mol. The molecular weight excluding hydrogens is 385 g/mol. The molecule has 1 atom stereocenters. The maximum Gasteiger partial charge on any atom is 0.240 e. The normalized spacial score (nSPS) is 12.7. The van der Waals surface area contributed by atoms with E-state index < -0.39 is 5.54 Å². The highest BCUT2D eigenvalue weighted by molar-refractivity contribution is 5.86. The van der Waals surface area contributed by atoms with E-state index in [1.54, 1.807) is 6.92 Å². The van der Waals surface area contributed by atoms with E-state index in [1.807, 2.05) is 0 Å². The largest absolute Gasteiger partial charge is 0.388 e. The lowest BCUT2D eigenvalue weighted by molar-refractivity contribution is -0.904. The molecule has 0 rings (SSSR count). The summed E-state index contributed by atoms with van der Waals surface area (Å²) in [4.78, 5) is 12.2. The van der Waals surface area contributed by atoms with Gasteiger partial charge in [0.15, 0.2) is 0 Å². The van der Waals surface area contributed by atoms with Gasteiger partial charge in [0.05, 0.1) is 44.6 Å². The monoisotopic (exact) mass is 422 g/mol. The molecule has 154 valence electrons. The zero-order valence-electron chi connectivity index (χ0n) is 16.1. The zero-order chi connectivity index (χ0) is 17.2. The van der Waals surface area contributed by atoms with E-state index in [-0.39, 0.29) is 49.0 Å². The second kappa shape index (κ2) is 15.9. The number of carbonyl (C=O) groups excluding carboxylic acids is 1. The highest BCUT2D eigenvalue weighted by atomic mass is 35.5. The summed E-state index contributed by atoms with van der Waals surface area (Å²) in [6, 6.07) is 0. The third kappa shape index (κ3) is 14.6. The first-order valence-electron chi connectivity index (χ1n) is 8.40. The van der Waals surface area contributed by atoms with Gasteiger partial charge in [0, 0.05) is 6.42 Å². The summed E-state index contributed by atoms with van der Waals surface area (Å²) >= 11 is 0. The van der Waals surface area contributed by atoms with E-state index in [4.69, 9.17) is 16.9 Å². The molecule has 9 heteroatoms. The molecule has 1 amide bonds. The van der Waals surface area contributed by atoms with Crippen molar-refractivity contribution in [3.8, 4) is 0 Å². The van der Waals surface area contributed by atoms with Crippen LogP contribution in [0, 0.1) is 5.41 Å². The molecule has 0 aromatic rings. The summed E-state index contributed by atoms with van der Waals surface area (Å²) < 4.78 is 0.951. The molecule has 0 radical (unpaired) electrons. The standard InChI is InChI=1S/C16H35N5O.3ClH/c1-5-21(4,6-2)13-12-20-15(22)16(3,19)11-9-7-8-10-14(17)18;;;/h5-13,19H2,1-4H3,(H3-,17,18,20,22);3*1H/p+1. The Bertz CT molecular complexity index is 364. The van der Waals surface area contributed by atoms with Crippen molar-refractivity contribution in [1.82, 2.24) is 5.32 Å². The molecule has 25 heavy (non-hydrogen) atoms. The number of nitrogens with zero attached hydrogens (tertiary/aromatic N) is 1. The summed E-state index contributed by atoms with van der Waals surface area (Å²) in [7, 11) is 2.20. The summed E-state index contributed by atoms with van der Waals surface area (Å²) in [5.74, 6) is 0.152. The molecule has 0 saturated carbocycles. The average Bonchev–Trinajstić information content (AvgIpc) is 2.46. The van der Waals surface area contributed by atoms with Crippen LogP contribution in [0.2, 0.25) is 0 Å². The molecule has 0 heterocycles. The van der Waals surface area contributed by atoms with Crippen molar-refractivity contribution in [2.75, 3.05) is 33.2 Å². The lowest BCUT2D eigenvalue weighted by Crippen LogP contribution is -2.54. The van der Waals surface area contributed by atoms with Crippen molar-refractivity contribution >= 4 is 49.0 Å². The molecular formula is C16H39Cl3N5O+. The molecule has 0 aromatic heterocycles. The molecule has 0 aliphatic heterocycles. The summed E-state index contributed by atoms with van der Waals surface area (Å²) in [6.07, 6.45) is 3.99. The van der Waals surface area contributed by atoms with Gasteiger partial charge in [0.1, 0.15) is 0 Å². The van der Waals surface area contributed by atoms with Gasteiger partial charge in [-0.05, 0) is 33.6 Å². The minimum Gasteiger partial charge on any atom is -0.388 e. The molecule has 0 aliphatic rings. The fraction of sp³-hybridized carbons (Fsp3) is 0.875. The lowest BCUT2D eigenvalue weighted by atomic mass is 9.94. The van der Waals surface area contributed by atoms with Crippen LogP contribution in [0.1, 0.15) is 52.9 Å². The van der Waals surface area contributed by atoms with E-state index in [9.17, 15) is 4.79 Å². The first-order chi connectivity index (χ1) is 10.2. The fourth-order valence-electron chi connectivity index (χ4n) is 2.28. The molecule has 0 saturated heterocycles. The topological polar surface area (TPSA) is 105 Å². The number of amides is 1. The highest BCUT2D eigenvalue weighted by Gasteiger charge is 2.28. The van der Waals surface area contributed by atoms with Gasteiger partial charge >= 0.3 is 0 Å². The van der Waals surface area contributed by atoms with E-state index >= 15 is 0 Å². The van der Waals surface area contributed by atoms with Crippen LogP contribution in [0.4, 0.5) is 0 Å². The van der Waals surface area contributed by atoms with Crippen LogP contribution in [0.3, 0.4) is 0 Å². The Kier molecular flexibility index (Phi) is 20.7. The molecule has 0 spiro atoms. The van der Waals surface area contributed by atoms with Gasteiger partial charge in [-0.15, -0.1) is 37.2 Å². The number of rotatable bonds is 12. The quantitative estimate of drug-likeness (QED) is 0.168. The summed E-state index contributed by atoms with van der Waals surface area (Å²) in [5, 5.41) is 10.1. The Hall–Kier alpha value is -0.270. The Morgan fingerprint density at radius 3 is 2.08 bits per heavy atom. The van der Waals surface area contributed by atoms with Gasteiger partial charge in [-0.25, -0.2) is 0 Å². The number of halogens is 3. The minimum absolute atomic E-state index is 0. The third-order valence-electron chi connectivity index (χ3n) is 4.63. The number of quaternary nitrogens is 1. The average molecular weight is 424 g/mol. The van der Waals surface area contributed by atoms with Gasteiger partial charge in [-0.1, -0.05) is 12.8 Å². The number of hydrogen-bond acceptors (Lipinski definition) is 3. The number of unbranched alkanes of at least 4 members (excludes halogenated alkanes) is 2. The number of hydrogen-bond donors (Lipinski definition) is 4. The number of nitrogens with one attached hydrogen (secondary N) is 2. The van der Waals surface area contributed by atoms with Crippen LogP contribution >= 0.6 is 37.2 Å². The maximum atomic E-state index is 12.2. The Morgan fingerprint density at radius 2 is 1.64 bits per heavy atom. The van der Waals surface area contributed by atoms with E-state index in [1.165, 1.54) is 0 Å². The maximum absolute atomic E-state index is 12.2. The van der Waals surface area contributed by atoms with Crippen LogP contribution in [-0.2, 0) is 4.79 Å². The van der Waals surface area contributed by atoms with Crippen LogP contribution in [-0.4, -0.2) is 55.0 Å². The highest BCUT2D eigenvalue weighted by Crippen LogP contribution is 2.13. The van der Waals surface area contributed by atoms with Crippen LogP contribution in [0.25, 0.3) is 0 Å². The molecule has 0 bridgehead atoms. The lowest BCUT2D eigenvalue weighted by Gasteiger charge is -2.32. The Balaban J connectivity index is -0.000000735. The molecule has 6 nitrogen and oxygen atoms in total. The first kappa shape index (κ1) is 32.4. The second-order valence-electron chi connectivity index (χ2n) is 6.73. The van der Waals surface area contributed by atoms with Gasteiger partial charge in [-0.3, -0.25) is 10.2 Å². The van der Waals surface area contributed by atoms with Crippen LogP contribution < -0.4 is 16.8 Å². The van der Waals surface area contributed by atoms with Crippen molar-refractivity contribution in [3.63, 3.8) is 0 Å². The molecule has 0 fully saturated rings. The van der Waals surface area contributed by atoms with Crippen molar-refractivity contribution < 1.29 is 9.28 Å². The molecule has 0 aromatic carbocycles. The van der Waals surface area contributed by atoms with Crippen molar-refractivity contribution in [2.24, 2.45) is 11.5 Å². The predicted octanol–water partition coefficient (Wildman–Crippen LogP) is 2.46. The van der Waals surface area contributed by atoms with Crippen molar-refractivity contribution in [2.45, 2.75) is 58.4 Å². The Labute approximate surface area is 172 Å². The number of amidine groups is 1. The first-order valence-corrected chi connectivity index (χ1v) is 8.40. The third-order valence-corrected chi connectivity index (χ3v) is 4.63. The molecule has 0 aliphatic carbocycles. The number of carbonyl (C=O) groups is 1. The summed E-state index contributed by atoms with van der Waals surface area (Å²) in [6.45, 7) is 9.83. The zero-order valence-corrected chi connectivity index (χ0v) is 18.5. The second-order valence-corrected chi connectivity index (χ2v) is 6.73. The fourth-order valence-corrected chi connectivity index (χ4v) is 2.28. The van der Waals surface area contributed by atoms with Gasteiger partial charge in [-0.2, -0.15) is 0 Å². The minimum atomic E-state index is -0.821. The summed E-state index contributed by atoms with van der Waals surface area (Å²) in [5.41, 5.74) is 10.6. The van der Waals surface area contributed by atoms with Gasteiger partial charge < -0.3 is 21.3 Å². The van der Waals surface area contributed by atoms with Crippen molar-refractivity contribution in [3.05, 3.63) is 0 Å². The Morgan fingerprint density at radius 1 is 1.12 bits per heavy atom. The number of likely N-dealkylation sites (N-methyl/N-ethyl adjacent to an activating group) is 1. The number of nitrogens with two attached hydrogens (primary N) is 2. The molecule has 6 N–H and O–H groups in total. The SMILES string of the molecule is CC[N+](C)(CC)CCNC(=O)C(C)(N)CCCCCC(=N)N.Cl.Cl.Cl. The van der Waals surface area contributed by atoms with E-state index in [0.29, 0.717) is 19.4 Å². The smallest absolute Gasteiger partial charge is 0.240 e. The van der Waals surface area contributed by atoms with Crippen LogP contribution in [0.15, 0.2) is 0 Å². The molecule has 1 unspecified atom stereocenters. The van der Waals surface area contributed by atoms with E-state index in [0.717, 1.165) is 43.4 Å². The van der Waals surface area contributed by atoms with Crippen LogP contribution in [0.5, 0.6) is 0 Å².